The molecule has 0 aliphatic rings. The molecule has 0 saturated carbocycles. The lowest BCUT2D eigenvalue weighted by Gasteiger charge is -2.23. The van der Waals surface area contributed by atoms with Crippen molar-refractivity contribution in [3.8, 4) is 0 Å². The smallest absolute Gasteiger partial charge is 0.0897 e. The lowest BCUT2D eigenvalue weighted by molar-refractivity contribution is 0.0397. The van der Waals surface area contributed by atoms with Crippen molar-refractivity contribution in [1.82, 2.24) is 5.32 Å². The molecule has 4 nitrogen and oxygen atoms in total. The van der Waals surface area contributed by atoms with Crippen LogP contribution in [0.2, 0.25) is 0 Å². The third kappa shape index (κ3) is 10.4. The van der Waals surface area contributed by atoms with Gasteiger partial charge in [-0.25, -0.2) is 0 Å². The molecule has 2 unspecified atom stereocenters. The first-order valence-corrected chi connectivity index (χ1v) is 5.99. The fourth-order valence-corrected chi connectivity index (χ4v) is 1.51. The predicted octanol–water partition coefficient (Wildman–Crippen LogP) is 0.770. The van der Waals surface area contributed by atoms with E-state index in [1.54, 1.807) is 0 Å². The van der Waals surface area contributed by atoms with Crippen molar-refractivity contribution >= 4 is 0 Å². The first kappa shape index (κ1) is 15.8. The van der Waals surface area contributed by atoms with Gasteiger partial charge in [-0.3, -0.25) is 0 Å². The molecule has 2 atom stereocenters. The molecule has 0 heterocycles. The van der Waals surface area contributed by atoms with Gasteiger partial charge in [0, 0.05) is 19.7 Å². The average Bonchev–Trinajstić information content (AvgIpc) is 2.11. The Labute approximate surface area is 99.0 Å². The van der Waals surface area contributed by atoms with Crippen LogP contribution in [-0.2, 0) is 4.74 Å². The molecule has 0 saturated heterocycles. The second kappa shape index (κ2) is 8.01. The van der Waals surface area contributed by atoms with Crippen molar-refractivity contribution < 1.29 is 14.9 Å². The maximum Gasteiger partial charge on any atom is 0.0897 e. The van der Waals surface area contributed by atoms with Crippen molar-refractivity contribution in [2.45, 2.75) is 46.3 Å². The molecule has 4 heteroatoms. The van der Waals surface area contributed by atoms with Gasteiger partial charge in [-0.05, 0) is 18.8 Å². The van der Waals surface area contributed by atoms with Crippen LogP contribution < -0.4 is 5.32 Å². The minimum atomic E-state index is -0.498. The molecule has 98 valence electrons. The van der Waals surface area contributed by atoms with Crippen LogP contribution in [0.25, 0.3) is 0 Å². The number of aliphatic hydroxyl groups is 2. The summed E-state index contributed by atoms with van der Waals surface area (Å²) in [6.07, 6.45) is -0.109. The number of aliphatic hydroxyl groups excluding tert-OH is 2. The summed E-state index contributed by atoms with van der Waals surface area (Å²) in [6, 6.07) is 0. The van der Waals surface area contributed by atoms with E-state index in [2.05, 4.69) is 26.1 Å². The Morgan fingerprint density at radius 2 is 1.69 bits per heavy atom. The Balaban J connectivity index is 3.50. The minimum absolute atomic E-state index is 0.130. The van der Waals surface area contributed by atoms with Gasteiger partial charge in [-0.15, -0.1) is 0 Å². The fourth-order valence-electron chi connectivity index (χ4n) is 1.51. The number of rotatable bonds is 8. The monoisotopic (exact) mass is 233 g/mol. The van der Waals surface area contributed by atoms with Crippen LogP contribution in [0.3, 0.4) is 0 Å². The lowest BCUT2D eigenvalue weighted by Crippen LogP contribution is -2.36. The fraction of sp³-hybridized carbons (Fsp3) is 1.00. The first-order valence-electron chi connectivity index (χ1n) is 5.99. The van der Waals surface area contributed by atoms with E-state index in [4.69, 9.17) is 4.74 Å². The quantitative estimate of drug-likeness (QED) is 0.579. The van der Waals surface area contributed by atoms with Gasteiger partial charge < -0.3 is 20.3 Å². The molecule has 0 aliphatic heterocycles. The summed E-state index contributed by atoms with van der Waals surface area (Å²) in [5.74, 6) is 0. The summed E-state index contributed by atoms with van der Waals surface area (Å²) >= 11 is 0. The van der Waals surface area contributed by atoms with Crippen molar-refractivity contribution in [2.75, 3.05) is 26.3 Å². The molecule has 0 spiro atoms. The lowest BCUT2D eigenvalue weighted by atomic mass is 9.89. The minimum Gasteiger partial charge on any atom is -0.392 e. The second-order valence-electron chi connectivity index (χ2n) is 5.39. The molecule has 0 bridgehead atoms. The molecule has 0 aromatic heterocycles. The Morgan fingerprint density at radius 3 is 2.19 bits per heavy atom. The van der Waals surface area contributed by atoms with Crippen LogP contribution in [0.5, 0.6) is 0 Å². The van der Waals surface area contributed by atoms with E-state index in [-0.39, 0.29) is 11.5 Å². The highest BCUT2D eigenvalue weighted by Crippen LogP contribution is 2.20. The Bertz CT molecular complexity index is 168. The normalized spacial score (nSPS) is 16.1. The summed E-state index contributed by atoms with van der Waals surface area (Å²) in [5, 5.41) is 22.2. The van der Waals surface area contributed by atoms with Gasteiger partial charge in [-0.1, -0.05) is 20.8 Å². The highest BCUT2D eigenvalue weighted by atomic mass is 16.5. The third-order valence-electron chi connectivity index (χ3n) is 2.12. The maximum atomic E-state index is 9.70. The molecule has 0 aliphatic carbocycles. The molecule has 3 N–H and O–H groups in total. The standard InChI is InChI=1S/C12H27NO3/c1-5-16-9-11(15)8-13-7-10(14)6-12(2,3)4/h10-11,13-15H,5-9H2,1-4H3. The zero-order valence-corrected chi connectivity index (χ0v) is 11.0. The van der Waals surface area contributed by atoms with E-state index in [1.165, 1.54) is 0 Å². The van der Waals surface area contributed by atoms with E-state index in [1.807, 2.05) is 6.92 Å². The third-order valence-corrected chi connectivity index (χ3v) is 2.12. The van der Waals surface area contributed by atoms with Gasteiger partial charge in [0.15, 0.2) is 0 Å². The summed E-state index contributed by atoms with van der Waals surface area (Å²) in [7, 11) is 0. The van der Waals surface area contributed by atoms with Gasteiger partial charge in [0.05, 0.1) is 18.8 Å². The first-order chi connectivity index (χ1) is 7.35. The molecule has 0 aromatic carbocycles. The zero-order valence-electron chi connectivity index (χ0n) is 11.0. The SMILES string of the molecule is CCOCC(O)CNCC(O)CC(C)(C)C. The van der Waals surface area contributed by atoms with Gasteiger partial charge in [0.1, 0.15) is 0 Å². The number of hydrogen-bond acceptors (Lipinski definition) is 4. The number of hydrogen-bond donors (Lipinski definition) is 3. The highest BCUT2D eigenvalue weighted by molar-refractivity contribution is 4.70. The van der Waals surface area contributed by atoms with Crippen LogP contribution in [0.1, 0.15) is 34.1 Å². The summed E-state index contributed by atoms with van der Waals surface area (Å²) in [5.41, 5.74) is 0.130. The molecule has 0 aromatic rings. The summed E-state index contributed by atoms with van der Waals surface area (Å²) < 4.78 is 5.08. The van der Waals surface area contributed by atoms with E-state index >= 15 is 0 Å². The molecular formula is C12H27NO3. The van der Waals surface area contributed by atoms with Crippen LogP contribution in [0.15, 0.2) is 0 Å². The summed E-state index contributed by atoms with van der Waals surface area (Å²) in [4.78, 5) is 0. The van der Waals surface area contributed by atoms with E-state index in [0.717, 1.165) is 6.42 Å². The average molecular weight is 233 g/mol. The largest absolute Gasteiger partial charge is 0.392 e. The molecule has 16 heavy (non-hydrogen) atoms. The number of nitrogens with one attached hydrogen (secondary N) is 1. The Morgan fingerprint density at radius 1 is 1.12 bits per heavy atom. The van der Waals surface area contributed by atoms with Gasteiger partial charge >= 0.3 is 0 Å². The van der Waals surface area contributed by atoms with Crippen molar-refractivity contribution in [2.24, 2.45) is 5.41 Å². The van der Waals surface area contributed by atoms with Gasteiger partial charge in [0.25, 0.3) is 0 Å². The van der Waals surface area contributed by atoms with E-state index in [9.17, 15) is 10.2 Å². The molecule has 0 fully saturated rings. The molecular weight excluding hydrogens is 206 g/mol. The van der Waals surface area contributed by atoms with Crippen LogP contribution in [0, 0.1) is 5.41 Å². The molecule has 0 rings (SSSR count). The molecule has 0 amide bonds. The van der Waals surface area contributed by atoms with Gasteiger partial charge in [-0.2, -0.15) is 0 Å². The van der Waals surface area contributed by atoms with E-state index < -0.39 is 6.10 Å². The summed E-state index contributed by atoms with van der Waals surface area (Å²) in [6.45, 7) is 10.1. The Hall–Kier alpha value is -0.160. The maximum absolute atomic E-state index is 9.70. The van der Waals surface area contributed by atoms with Crippen molar-refractivity contribution in [1.29, 1.82) is 0 Å². The van der Waals surface area contributed by atoms with Crippen molar-refractivity contribution in [3.05, 3.63) is 0 Å². The topological polar surface area (TPSA) is 61.7 Å². The van der Waals surface area contributed by atoms with E-state index in [0.29, 0.717) is 26.3 Å². The van der Waals surface area contributed by atoms with Crippen molar-refractivity contribution in [3.63, 3.8) is 0 Å². The van der Waals surface area contributed by atoms with Crippen LogP contribution in [0.4, 0.5) is 0 Å². The molecule has 0 radical (unpaired) electrons. The zero-order chi connectivity index (χ0) is 12.6. The Kier molecular flexibility index (Phi) is 7.93. The number of ether oxygens (including phenoxy) is 1. The van der Waals surface area contributed by atoms with Crippen LogP contribution >= 0.6 is 0 Å². The highest BCUT2D eigenvalue weighted by Gasteiger charge is 2.16. The van der Waals surface area contributed by atoms with Crippen LogP contribution in [-0.4, -0.2) is 48.7 Å². The van der Waals surface area contributed by atoms with Gasteiger partial charge in [0.2, 0.25) is 0 Å². The predicted molar refractivity (Wildman–Crippen MR) is 65.4 cm³/mol. The second-order valence-corrected chi connectivity index (χ2v) is 5.39.